The molecule has 0 aliphatic carbocycles. The molecule has 0 radical (unpaired) electrons. The first-order valence-corrected chi connectivity index (χ1v) is 4.49. The Morgan fingerprint density at radius 1 is 1.44 bits per heavy atom. The van der Waals surface area contributed by atoms with Gasteiger partial charge in [-0.15, -0.1) is 0 Å². The van der Waals surface area contributed by atoms with E-state index in [1.807, 2.05) is 0 Å². The fourth-order valence-corrected chi connectivity index (χ4v) is 1.34. The zero-order valence-corrected chi connectivity index (χ0v) is 8.63. The summed E-state index contributed by atoms with van der Waals surface area (Å²) in [7, 11) is 0. The van der Waals surface area contributed by atoms with Crippen molar-refractivity contribution in [3.8, 4) is 0 Å². The summed E-state index contributed by atoms with van der Waals surface area (Å²) in [5.41, 5.74) is 1.38. The molecule has 0 saturated heterocycles. The minimum Gasteiger partial charge on any atom is -0.481 e. The quantitative estimate of drug-likeness (QED) is 0.826. The van der Waals surface area contributed by atoms with Crippen LogP contribution in [0.1, 0.15) is 23.2 Å². The third-order valence-corrected chi connectivity index (χ3v) is 2.00. The van der Waals surface area contributed by atoms with Gasteiger partial charge in [0.1, 0.15) is 5.82 Å². The SMILES string of the molecule is Nc1nc(CC(=O)O)cc(C(F)(F)F)c1C(F)F. The fourth-order valence-electron chi connectivity index (χ4n) is 1.34. The molecule has 0 amide bonds. The normalized spacial score (nSPS) is 11.9. The fraction of sp³-hybridized carbons (Fsp3) is 0.333. The second kappa shape index (κ2) is 4.75. The summed E-state index contributed by atoms with van der Waals surface area (Å²) in [6.45, 7) is 0. The van der Waals surface area contributed by atoms with Crippen LogP contribution in [0, 0.1) is 0 Å². The molecule has 0 fully saturated rings. The van der Waals surface area contributed by atoms with E-state index in [0.717, 1.165) is 0 Å². The summed E-state index contributed by atoms with van der Waals surface area (Å²) < 4.78 is 62.6. The lowest BCUT2D eigenvalue weighted by molar-refractivity contribution is -0.140. The maximum atomic E-state index is 12.5. The molecule has 4 nitrogen and oxygen atoms in total. The predicted octanol–water partition coefficient (Wildman–Crippen LogP) is 2.25. The van der Waals surface area contributed by atoms with Gasteiger partial charge in [-0.3, -0.25) is 4.79 Å². The molecule has 1 aromatic rings. The molecule has 0 spiro atoms. The Morgan fingerprint density at radius 2 is 2.00 bits per heavy atom. The van der Waals surface area contributed by atoms with Crippen LogP contribution in [0.25, 0.3) is 0 Å². The number of carboxylic acid groups (broad SMARTS) is 1. The van der Waals surface area contributed by atoms with E-state index in [2.05, 4.69) is 4.98 Å². The number of nitrogen functional groups attached to an aromatic ring is 1. The summed E-state index contributed by atoms with van der Waals surface area (Å²) in [6, 6.07) is 0.270. The molecule has 1 aromatic heterocycles. The molecule has 9 heteroatoms. The molecule has 0 aliphatic rings. The number of hydrogen-bond acceptors (Lipinski definition) is 3. The summed E-state index contributed by atoms with van der Waals surface area (Å²) in [5, 5.41) is 8.42. The average Bonchev–Trinajstić information content (AvgIpc) is 2.12. The number of pyridine rings is 1. The standard InChI is InChI=1S/C9H7F5N2O2/c10-7(11)6-4(9(12,13)14)1-3(2-5(17)18)16-8(6)15/h1,7H,2H2,(H2,15,16)(H,17,18). The number of hydrogen-bond donors (Lipinski definition) is 2. The largest absolute Gasteiger partial charge is 0.481 e. The van der Waals surface area contributed by atoms with Crippen LogP contribution in [-0.2, 0) is 17.4 Å². The number of aromatic nitrogens is 1. The van der Waals surface area contributed by atoms with Gasteiger partial charge in [0.25, 0.3) is 6.43 Å². The molecule has 18 heavy (non-hydrogen) atoms. The molecule has 0 aliphatic heterocycles. The Kier molecular flexibility index (Phi) is 3.73. The van der Waals surface area contributed by atoms with E-state index in [1.54, 1.807) is 0 Å². The Morgan fingerprint density at radius 3 is 2.39 bits per heavy atom. The van der Waals surface area contributed by atoms with Crippen LogP contribution in [0.5, 0.6) is 0 Å². The topological polar surface area (TPSA) is 76.2 Å². The third-order valence-electron chi connectivity index (χ3n) is 2.00. The highest BCUT2D eigenvalue weighted by Gasteiger charge is 2.38. The molecule has 0 atom stereocenters. The van der Waals surface area contributed by atoms with Gasteiger partial charge in [-0.1, -0.05) is 0 Å². The van der Waals surface area contributed by atoms with Crippen LogP contribution in [0.2, 0.25) is 0 Å². The summed E-state index contributed by atoms with van der Waals surface area (Å²) >= 11 is 0. The minimum atomic E-state index is -5.06. The van der Waals surface area contributed by atoms with Crippen molar-refractivity contribution in [2.24, 2.45) is 0 Å². The molecule has 0 saturated carbocycles. The molecular formula is C9H7F5N2O2. The molecule has 1 rings (SSSR count). The van der Waals surface area contributed by atoms with Gasteiger partial charge >= 0.3 is 12.1 Å². The van der Waals surface area contributed by atoms with Crippen molar-refractivity contribution < 1.29 is 31.9 Å². The first-order chi connectivity index (χ1) is 8.12. The van der Waals surface area contributed by atoms with Gasteiger partial charge in [0.15, 0.2) is 0 Å². The molecule has 100 valence electrons. The monoisotopic (exact) mass is 270 g/mol. The van der Waals surface area contributed by atoms with Crippen molar-refractivity contribution in [3.63, 3.8) is 0 Å². The first kappa shape index (κ1) is 14.1. The number of halogens is 5. The number of nitrogens with two attached hydrogens (primary N) is 1. The third kappa shape index (κ3) is 3.05. The lowest BCUT2D eigenvalue weighted by Crippen LogP contribution is -2.15. The van der Waals surface area contributed by atoms with Crippen molar-refractivity contribution in [2.75, 3.05) is 5.73 Å². The van der Waals surface area contributed by atoms with Crippen LogP contribution in [0.3, 0.4) is 0 Å². The Balaban J connectivity index is 3.42. The highest BCUT2D eigenvalue weighted by molar-refractivity contribution is 5.70. The van der Waals surface area contributed by atoms with Gasteiger partial charge in [-0.2, -0.15) is 13.2 Å². The van der Waals surface area contributed by atoms with E-state index in [-0.39, 0.29) is 6.07 Å². The van der Waals surface area contributed by atoms with E-state index >= 15 is 0 Å². The number of anilines is 1. The number of nitrogens with zero attached hydrogens (tertiary/aromatic N) is 1. The van der Waals surface area contributed by atoms with E-state index < -0.39 is 47.6 Å². The highest BCUT2D eigenvalue weighted by atomic mass is 19.4. The van der Waals surface area contributed by atoms with Gasteiger partial charge in [-0.05, 0) is 6.07 Å². The highest BCUT2D eigenvalue weighted by Crippen LogP contribution is 2.38. The van der Waals surface area contributed by atoms with Gasteiger partial charge in [0, 0.05) is 0 Å². The van der Waals surface area contributed by atoms with Crippen LogP contribution < -0.4 is 5.73 Å². The van der Waals surface area contributed by atoms with Crippen molar-refractivity contribution >= 4 is 11.8 Å². The van der Waals surface area contributed by atoms with Crippen LogP contribution in [-0.4, -0.2) is 16.1 Å². The van der Waals surface area contributed by atoms with E-state index in [1.165, 1.54) is 0 Å². The van der Waals surface area contributed by atoms with E-state index in [9.17, 15) is 26.7 Å². The Hall–Kier alpha value is -1.93. The molecular weight excluding hydrogens is 263 g/mol. The maximum absolute atomic E-state index is 12.5. The van der Waals surface area contributed by atoms with Gasteiger partial charge < -0.3 is 10.8 Å². The van der Waals surface area contributed by atoms with Crippen molar-refractivity contribution in [2.45, 2.75) is 19.0 Å². The minimum absolute atomic E-state index is 0.270. The van der Waals surface area contributed by atoms with E-state index in [4.69, 9.17) is 10.8 Å². The van der Waals surface area contributed by atoms with Crippen molar-refractivity contribution in [1.82, 2.24) is 4.98 Å². The molecule has 3 N–H and O–H groups in total. The van der Waals surface area contributed by atoms with Gasteiger partial charge in [-0.25, -0.2) is 13.8 Å². The van der Waals surface area contributed by atoms with Crippen molar-refractivity contribution in [3.05, 3.63) is 22.9 Å². The maximum Gasteiger partial charge on any atom is 0.417 e. The molecule has 0 aromatic carbocycles. The number of carbonyl (C=O) groups is 1. The number of alkyl halides is 5. The summed E-state index contributed by atoms with van der Waals surface area (Å²) in [5.74, 6) is -2.46. The van der Waals surface area contributed by atoms with Gasteiger partial charge in [0.05, 0.1) is 23.2 Å². The van der Waals surface area contributed by atoms with E-state index in [0.29, 0.717) is 0 Å². The summed E-state index contributed by atoms with van der Waals surface area (Å²) in [4.78, 5) is 13.6. The van der Waals surface area contributed by atoms with Crippen LogP contribution >= 0.6 is 0 Å². The van der Waals surface area contributed by atoms with Gasteiger partial charge in [0.2, 0.25) is 0 Å². The average molecular weight is 270 g/mol. The molecule has 0 unspecified atom stereocenters. The van der Waals surface area contributed by atoms with Crippen molar-refractivity contribution in [1.29, 1.82) is 0 Å². The number of rotatable bonds is 3. The molecule has 0 bridgehead atoms. The lowest BCUT2D eigenvalue weighted by Gasteiger charge is -2.15. The van der Waals surface area contributed by atoms with Crippen LogP contribution in [0.4, 0.5) is 27.8 Å². The Labute approximate surface area is 97.2 Å². The summed E-state index contributed by atoms with van der Waals surface area (Å²) in [6.07, 6.45) is -9.35. The lowest BCUT2D eigenvalue weighted by atomic mass is 10.1. The predicted molar refractivity (Wildman–Crippen MR) is 49.9 cm³/mol. The Bertz CT molecular complexity index is 473. The number of carboxylic acids is 1. The first-order valence-electron chi connectivity index (χ1n) is 4.49. The second-order valence-corrected chi connectivity index (χ2v) is 3.33. The zero-order chi connectivity index (χ0) is 14.1. The number of aliphatic carboxylic acids is 1. The smallest absolute Gasteiger partial charge is 0.417 e. The zero-order valence-electron chi connectivity index (χ0n) is 8.63. The molecule has 1 heterocycles. The second-order valence-electron chi connectivity index (χ2n) is 3.33. The van der Waals surface area contributed by atoms with Crippen LogP contribution in [0.15, 0.2) is 6.07 Å².